The average Bonchev–Trinajstić information content (AvgIpc) is 2.07. The number of carbonyl (C=O) groups is 1. The molecule has 0 unspecified atom stereocenters. The molecule has 0 bridgehead atoms. The highest BCUT2D eigenvalue weighted by molar-refractivity contribution is 5.66. The van der Waals surface area contributed by atoms with E-state index < -0.39 is 18.6 Å². The highest BCUT2D eigenvalue weighted by atomic mass is 19.4. The summed E-state index contributed by atoms with van der Waals surface area (Å²) < 4.78 is 35.1. The number of carboxylic acids is 1. The van der Waals surface area contributed by atoms with Gasteiger partial charge >= 0.3 is 12.1 Å². The van der Waals surface area contributed by atoms with Gasteiger partial charge in [-0.3, -0.25) is 4.79 Å². The van der Waals surface area contributed by atoms with Crippen molar-refractivity contribution in [3.8, 4) is 0 Å². The number of halogens is 3. The van der Waals surface area contributed by atoms with E-state index in [9.17, 15) is 18.0 Å². The molecule has 5 heteroatoms. The van der Waals surface area contributed by atoms with Crippen LogP contribution in [-0.2, 0) is 4.79 Å². The zero-order chi connectivity index (χ0) is 11.7. The number of rotatable bonds is 8. The predicted octanol–water partition coefficient (Wildman–Crippen LogP) is 3.75. The van der Waals surface area contributed by atoms with E-state index in [0.29, 0.717) is 12.8 Å². The van der Waals surface area contributed by atoms with Crippen LogP contribution in [0.15, 0.2) is 0 Å². The van der Waals surface area contributed by atoms with Crippen molar-refractivity contribution >= 4 is 5.97 Å². The molecule has 0 aliphatic carbocycles. The van der Waals surface area contributed by atoms with Crippen molar-refractivity contribution in [1.82, 2.24) is 0 Å². The molecule has 0 fully saturated rings. The fraction of sp³-hybridized carbons (Fsp3) is 0.900. The lowest BCUT2D eigenvalue weighted by Gasteiger charge is -2.05. The van der Waals surface area contributed by atoms with Gasteiger partial charge in [0.25, 0.3) is 0 Å². The van der Waals surface area contributed by atoms with Gasteiger partial charge in [-0.2, -0.15) is 13.2 Å². The standard InChI is InChI=1S/C10H17F3O2/c11-10(12,13)8-6-4-2-1-3-5-7-9(14)15/h1-8H2,(H,14,15). The molecule has 2 nitrogen and oxygen atoms in total. The highest BCUT2D eigenvalue weighted by Gasteiger charge is 2.25. The Balaban J connectivity index is 3.09. The molecule has 0 saturated heterocycles. The molecule has 0 spiro atoms. The highest BCUT2D eigenvalue weighted by Crippen LogP contribution is 2.23. The zero-order valence-electron chi connectivity index (χ0n) is 8.65. The largest absolute Gasteiger partial charge is 0.481 e. The Labute approximate surface area is 87.5 Å². The average molecular weight is 226 g/mol. The first kappa shape index (κ1) is 14.3. The van der Waals surface area contributed by atoms with Crippen LogP contribution in [0.3, 0.4) is 0 Å². The van der Waals surface area contributed by atoms with Crippen molar-refractivity contribution in [1.29, 1.82) is 0 Å². The number of alkyl halides is 3. The molecule has 0 heterocycles. The second-order valence-corrected chi connectivity index (χ2v) is 3.63. The Kier molecular flexibility index (Phi) is 7.17. The van der Waals surface area contributed by atoms with E-state index in [1.54, 1.807) is 0 Å². The smallest absolute Gasteiger partial charge is 0.389 e. The zero-order valence-corrected chi connectivity index (χ0v) is 8.65. The summed E-state index contributed by atoms with van der Waals surface area (Å²) in [5.41, 5.74) is 0. The van der Waals surface area contributed by atoms with Crippen LogP contribution in [0.4, 0.5) is 13.2 Å². The minimum atomic E-state index is -4.04. The van der Waals surface area contributed by atoms with Crippen molar-refractivity contribution in [2.24, 2.45) is 0 Å². The van der Waals surface area contributed by atoms with Gasteiger partial charge in [0.15, 0.2) is 0 Å². The van der Waals surface area contributed by atoms with Crippen LogP contribution in [0, 0.1) is 0 Å². The summed E-state index contributed by atoms with van der Waals surface area (Å²) in [6, 6.07) is 0. The van der Waals surface area contributed by atoms with Crippen LogP contribution >= 0.6 is 0 Å². The minimum Gasteiger partial charge on any atom is -0.481 e. The Morgan fingerprint density at radius 3 is 1.87 bits per heavy atom. The van der Waals surface area contributed by atoms with Gasteiger partial charge in [0.05, 0.1) is 0 Å². The van der Waals surface area contributed by atoms with E-state index >= 15 is 0 Å². The van der Waals surface area contributed by atoms with Crippen molar-refractivity contribution in [3.63, 3.8) is 0 Å². The third-order valence-corrected chi connectivity index (χ3v) is 2.10. The van der Waals surface area contributed by atoms with Crippen LogP contribution in [0.5, 0.6) is 0 Å². The summed E-state index contributed by atoms with van der Waals surface area (Å²) in [5.74, 6) is -0.813. The van der Waals surface area contributed by atoms with Crippen molar-refractivity contribution in [2.75, 3.05) is 0 Å². The quantitative estimate of drug-likeness (QED) is 0.640. The third-order valence-electron chi connectivity index (χ3n) is 2.10. The molecule has 1 N–H and O–H groups in total. The monoisotopic (exact) mass is 226 g/mol. The third kappa shape index (κ3) is 13.3. The summed E-state index contributed by atoms with van der Waals surface area (Å²) in [4.78, 5) is 10.1. The molecule has 0 atom stereocenters. The Hall–Kier alpha value is -0.740. The van der Waals surface area contributed by atoms with Gasteiger partial charge in [-0.25, -0.2) is 0 Å². The fourth-order valence-electron chi connectivity index (χ4n) is 1.31. The summed E-state index contributed by atoms with van der Waals surface area (Å²) in [7, 11) is 0. The molecular weight excluding hydrogens is 209 g/mol. The van der Waals surface area contributed by atoms with Crippen molar-refractivity contribution in [3.05, 3.63) is 0 Å². The van der Waals surface area contributed by atoms with E-state index in [1.165, 1.54) is 0 Å². The summed E-state index contributed by atoms with van der Waals surface area (Å²) in [6.45, 7) is 0. The number of carboxylic acid groups (broad SMARTS) is 1. The second-order valence-electron chi connectivity index (χ2n) is 3.63. The molecule has 0 saturated carbocycles. The summed E-state index contributed by atoms with van der Waals surface area (Å²) in [6.07, 6.45) is -0.837. The first-order chi connectivity index (χ1) is 6.92. The summed E-state index contributed by atoms with van der Waals surface area (Å²) >= 11 is 0. The lowest BCUT2D eigenvalue weighted by Crippen LogP contribution is -2.06. The van der Waals surface area contributed by atoms with Crippen LogP contribution in [-0.4, -0.2) is 17.3 Å². The van der Waals surface area contributed by atoms with Crippen LogP contribution < -0.4 is 0 Å². The van der Waals surface area contributed by atoms with Crippen LogP contribution in [0.1, 0.15) is 51.4 Å². The molecule has 0 amide bonds. The van der Waals surface area contributed by atoms with Gasteiger partial charge in [-0.1, -0.05) is 25.7 Å². The van der Waals surface area contributed by atoms with Gasteiger partial charge in [0, 0.05) is 12.8 Å². The normalized spacial score (nSPS) is 11.7. The number of unbranched alkanes of at least 4 members (excludes halogenated alkanes) is 5. The van der Waals surface area contributed by atoms with Gasteiger partial charge in [0.1, 0.15) is 0 Å². The minimum absolute atomic E-state index is 0.155. The van der Waals surface area contributed by atoms with E-state index in [1.807, 2.05) is 0 Å². The SMILES string of the molecule is O=C(O)CCCCCCCCC(F)(F)F. The number of aliphatic carboxylic acids is 1. The maximum atomic E-state index is 11.7. The van der Waals surface area contributed by atoms with E-state index in [-0.39, 0.29) is 12.8 Å². The topological polar surface area (TPSA) is 37.3 Å². The maximum absolute atomic E-state index is 11.7. The lowest BCUT2D eigenvalue weighted by atomic mass is 10.1. The number of hydrogen-bond donors (Lipinski definition) is 1. The molecule has 0 aromatic heterocycles. The van der Waals surface area contributed by atoms with Crippen molar-refractivity contribution in [2.45, 2.75) is 57.5 Å². The first-order valence-electron chi connectivity index (χ1n) is 5.20. The summed E-state index contributed by atoms with van der Waals surface area (Å²) in [5, 5.41) is 8.32. The van der Waals surface area contributed by atoms with Gasteiger partial charge in [-0.05, 0) is 12.8 Å². The molecule has 0 rings (SSSR count). The fourth-order valence-corrected chi connectivity index (χ4v) is 1.31. The van der Waals surface area contributed by atoms with E-state index in [0.717, 1.165) is 19.3 Å². The van der Waals surface area contributed by atoms with Gasteiger partial charge in [0.2, 0.25) is 0 Å². The molecule has 0 aromatic rings. The van der Waals surface area contributed by atoms with Gasteiger partial charge < -0.3 is 5.11 Å². The second kappa shape index (κ2) is 7.54. The lowest BCUT2D eigenvalue weighted by molar-refractivity contribution is -0.137. The molecule has 0 aliphatic heterocycles. The Morgan fingerprint density at radius 1 is 0.933 bits per heavy atom. The van der Waals surface area contributed by atoms with E-state index in [4.69, 9.17) is 5.11 Å². The number of hydrogen-bond acceptors (Lipinski definition) is 1. The van der Waals surface area contributed by atoms with E-state index in [2.05, 4.69) is 0 Å². The molecular formula is C10H17F3O2. The van der Waals surface area contributed by atoms with Crippen molar-refractivity contribution < 1.29 is 23.1 Å². The van der Waals surface area contributed by atoms with Crippen LogP contribution in [0.2, 0.25) is 0 Å². The molecule has 0 aliphatic rings. The maximum Gasteiger partial charge on any atom is 0.389 e. The molecule has 0 radical (unpaired) electrons. The predicted molar refractivity (Wildman–Crippen MR) is 50.6 cm³/mol. The van der Waals surface area contributed by atoms with Gasteiger partial charge in [-0.15, -0.1) is 0 Å². The molecule has 15 heavy (non-hydrogen) atoms. The molecule has 90 valence electrons. The first-order valence-corrected chi connectivity index (χ1v) is 5.20. The Bertz CT molecular complexity index is 178. The van der Waals surface area contributed by atoms with Crippen LogP contribution in [0.25, 0.3) is 0 Å². The molecule has 0 aromatic carbocycles. The Morgan fingerprint density at radius 2 is 1.40 bits per heavy atom.